The van der Waals surface area contributed by atoms with E-state index in [2.05, 4.69) is 5.32 Å². The minimum atomic E-state index is -1.32. The van der Waals surface area contributed by atoms with Crippen LogP contribution in [0.1, 0.15) is 48.9 Å². The zero-order valence-corrected chi connectivity index (χ0v) is 13.0. The summed E-state index contributed by atoms with van der Waals surface area (Å²) in [6.07, 6.45) is 3.82. The molecule has 0 radical (unpaired) electrons. The van der Waals surface area contributed by atoms with Crippen LogP contribution in [0.2, 0.25) is 0 Å². The number of nitrogens with zero attached hydrogens (tertiary/aromatic N) is 1. The van der Waals surface area contributed by atoms with Crippen molar-refractivity contribution in [2.24, 2.45) is 5.92 Å². The molecule has 5 nitrogen and oxygen atoms in total. The highest BCUT2D eigenvalue weighted by molar-refractivity contribution is 6.06. The number of amides is 1. The van der Waals surface area contributed by atoms with Crippen molar-refractivity contribution in [3.05, 3.63) is 35.9 Å². The van der Waals surface area contributed by atoms with Crippen LogP contribution in [-0.2, 0) is 9.59 Å². The van der Waals surface area contributed by atoms with E-state index >= 15 is 0 Å². The van der Waals surface area contributed by atoms with E-state index in [0.717, 1.165) is 25.7 Å². The average Bonchev–Trinajstić information content (AvgIpc) is 3.07. The lowest BCUT2D eigenvalue weighted by molar-refractivity contribution is -0.132. The van der Waals surface area contributed by atoms with Crippen molar-refractivity contribution in [2.75, 3.05) is 0 Å². The summed E-state index contributed by atoms with van der Waals surface area (Å²) in [5.41, 5.74) is 0.532. The second-order valence-corrected chi connectivity index (χ2v) is 5.81. The fraction of sp³-hybridized carbons (Fsp3) is 0.444. The molecule has 0 aliphatic heterocycles. The first-order valence-corrected chi connectivity index (χ1v) is 7.92. The van der Waals surface area contributed by atoms with Gasteiger partial charge in [0, 0.05) is 24.4 Å². The van der Waals surface area contributed by atoms with Gasteiger partial charge in [0.05, 0.1) is 6.07 Å². The number of carbonyl (C=O) groups excluding carboxylic acids is 3. The summed E-state index contributed by atoms with van der Waals surface area (Å²) in [6.45, 7) is 0. The number of Topliss-reactive ketones (excluding diaryl/α,β-unsaturated/α-hetero) is 2. The van der Waals surface area contributed by atoms with Gasteiger partial charge in [-0.3, -0.25) is 14.4 Å². The Balaban J connectivity index is 1.86. The van der Waals surface area contributed by atoms with Crippen LogP contribution in [0.15, 0.2) is 30.3 Å². The monoisotopic (exact) mass is 312 g/mol. The summed E-state index contributed by atoms with van der Waals surface area (Å²) >= 11 is 0. The Labute approximate surface area is 135 Å². The normalized spacial score (nSPS) is 15.6. The van der Waals surface area contributed by atoms with Crippen molar-refractivity contribution < 1.29 is 14.4 Å². The number of nitriles is 1. The molecule has 0 bridgehead atoms. The summed E-state index contributed by atoms with van der Waals surface area (Å²) in [6, 6.07) is 10.5. The van der Waals surface area contributed by atoms with Crippen LogP contribution in [0.25, 0.3) is 0 Å². The Morgan fingerprint density at radius 3 is 2.39 bits per heavy atom. The Hall–Kier alpha value is -2.48. The fourth-order valence-corrected chi connectivity index (χ4v) is 2.78. The molecule has 1 saturated carbocycles. The number of ketones is 2. The molecule has 5 heteroatoms. The molecule has 23 heavy (non-hydrogen) atoms. The zero-order valence-electron chi connectivity index (χ0n) is 13.0. The Morgan fingerprint density at radius 2 is 1.78 bits per heavy atom. The fourth-order valence-electron chi connectivity index (χ4n) is 2.78. The number of hydrogen-bond acceptors (Lipinski definition) is 4. The lowest BCUT2D eigenvalue weighted by Crippen LogP contribution is -2.40. The number of hydrogen-bond donors (Lipinski definition) is 1. The van der Waals surface area contributed by atoms with E-state index < -0.39 is 17.6 Å². The van der Waals surface area contributed by atoms with Gasteiger partial charge in [-0.15, -0.1) is 0 Å². The van der Waals surface area contributed by atoms with Crippen LogP contribution in [0, 0.1) is 17.2 Å². The smallest absolute Gasteiger partial charge is 0.245 e. The molecule has 2 rings (SSSR count). The van der Waals surface area contributed by atoms with Crippen molar-refractivity contribution in [1.82, 2.24) is 5.32 Å². The van der Waals surface area contributed by atoms with Crippen molar-refractivity contribution in [3.63, 3.8) is 0 Å². The third kappa shape index (κ3) is 4.75. The first-order valence-electron chi connectivity index (χ1n) is 7.92. The number of rotatable bonds is 7. The highest BCUT2D eigenvalue weighted by Crippen LogP contribution is 2.18. The third-order valence-corrected chi connectivity index (χ3v) is 4.11. The van der Waals surface area contributed by atoms with E-state index in [-0.39, 0.29) is 24.7 Å². The van der Waals surface area contributed by atoms with E-state index in [4.69, 9.17) is 5.26 Å². The number of benzene rings is 1. The molecule has 1 aliphatic carbocycles. The van der Waals surface area contributed by atoms with Gasteiger partial charge in [0.25, 0.3) is 0 Å². The first kappa shape index (κ1) is 16.9. The molecule has 1 fully saturated rings. The maximum Gasteiger partial charge on any atom is 0.245 e. The third-order valence-electron chi connectivity index (χ3n) is 4.11. The van der Waals surface area contributed by atoms with E-state index in [0.29, 0.717) is 5.56 Å². The second kappa shape index (κ2) is 8.23. The van der Waals surface area contributed by atoms with E-state index in [1.165, 1.54) is 0 Å². The van der Waals surface area contributed by atoms with Gasteiger partial charge < -0.3 is 5.32 Å². The minimum Gasteiger partial charge on any atom is -0.352 e. The van der Waals surface area contributed by atoms with Crippen LogP contribution in [-0.4, -0.2) is 23.5 Å². The summed E-state index contributed by atoms with van der Waals surface area (Å²) in [4.78, 5) is 36.1. The summed E-state index contributed by atoms with van der Waals surface area (Å²) in [5.74, 6) is -2.50. The van der Waals surface area contributed by atoms with Gasteiger partial charge in [-0.2, -0.15) is 5.26 Å². The molecule has 1 aromatic carbocycles. The van der Waals surface area contributed by atoms with Crippen LogP contribution < -0.4 is 5.32 Å². The molecular weight excluding hydrogens is 292 g/mol. The summed E-state index contributed by atoms with van der Waals surface area (Å²) in [5, 5.41) is 11.9. The van der Waals surface area contributed by atoms with Gasteiger partial charge in [0.1, 0.15) is 0 Å². The van der Waals surface area contributed by atoms with Crippen molar-refractivity contribution in [3.8, 4) is 6.07 Å². The van der Waals surface area contributed by atoms with Crippen molar-refractivity contribution >= 4 is 17.5 Å². The molecule has 0 saturated heterocycles. The lowest BCUT2D eigenvalue weighted by Gasteiger charge is -2.14. The first-order chi connectivity index (χ1) is 11.1. The van der Waals surface area contributed by atoms with Gasteiger partial charge in [-0.25, -0.2) is 0 Å². The average molecular weight is 312 g/mol. The van der Waals surface area contributed by atoms with Gasteiger partial charge >= 0.3 is 0 Å². The standard InChI is InChI=1S/C18H20N2O3/c19-12-15(18(23)20-14-8-4-5-9-14)17(22)11-10-16(21)13-6-2-1-3-7-13/h1-3,6-7,14-15H,4-5,8-11H2,(H,20,23)/t15-/m1/s1. The van der Waals surface area contributed by atoms with Crippen LogP contribution >= 0.6 is 0 Å². The lowest BCUT2D eigenvalue weighted by atomic mass is 9.97. The predicted octanol–water partition coefficient (Wildman–Crippen LogP) is 2.42. The largest absolute Gasteiger partial charge is 0.352 e. The topological polar surface area (TPSA) is 87.0 Å². The molecule has 1 N–H and O–H groups in total. The number of nitrogens with one attached hydrogen (secondary N) is 1. The Bertz CT molecular complexity index is 613. The van der Waals surface area contributed by atoms with E-state index in [1.807, 2.05) is 0 Å². The maximum atomic E-state index is 12.1. The molecule has 0 unspecified atom stereocenters. The predicted molar refractivity (Wildman–Crippen MR) is 84.5 cm³/mol. The highest BCUT2D eigenvalue weighted by Gasteiger charge is 2.29. The van der Waals surface area contributed by atoms with Gasteiger partial charge in [0.2, 0.25) is 5.91 Å². The van der Waals surface area contributed by atoms with Crippen LogP contribution in [0.3, 0.4) is 0 Å². The van der Waals surface area contributed by atoms with Gasteiger partial charge in [-0.05, 0) is 12.8 Å². The number of carbonyl (C=O) groups is 3. The second-order valence-electron chi connectivity index (χ2n) is 5.81. The van der Waals surface area contributed by atoms with E-state index in [1.54, 1.807) is 36.4 Å². The molecule has 1 amide bonds. The van der Waals surface area contributed by atoms with E-state index in [9.17, 15) is 14.4 Å². The molecule has 0 heterocycles. The maximum absolute atomic E-state index is 12.1. The zero-order chi connectivity index (χ0) is 16.7. The molecule has 1 aromatic rings. The Morgan fingerprint density at radius 1 is 1.13 bits per heavy atom. The molecular formula is C18H20N2O3. The molecule has 1 atom stereocenters. The molecule has 1 aliphatic rings. The van der Waals surface area contributed by atoms with Crippen LogP contribution in [0.4, 0.5) is 0 Å². The SMILES string of the molecule is N#C[C@H](C(=O)CCC(=O)c1ccccc1)C(=O)NC1CCCC1. The summed E-state index contributed by atoms with van der Waals surface area (Å²) in [7, 11) is 0. The molecule has 0 spiro atoms. The van der Waals surface area contributed by atoms with Crippen LogP contribution in [0.5, 0.6) is 0 Å². The molecule has 0 aromatic heterocycles. The quantitative estimate of drug-likeness (QED) is 0.618. The highest BCUT2D eigenvalue weighted by atomic mass is 16.2. The van der Waals surface area contributed by atoms with Crippen molar-refractivity contribution in [1.29, 1.82) is 5.26 Å². The molecule has 120 valence electrons. The Kier molecular flexibility index (Phi) is 6.04. The summed E-state index contributed by atoms with van der Waals surface area (Å²) < 4.78 is 0. The van der Waals surface area contributed by atoms with Gasteiger partial charge in [-0.1, -0.05) is 43.2 Å². The van der Waals surface area contributed by atoms with Gasteiger partial charge in [0.15, 0.2) is 17.5 Å². The minimum absolute atomic E-state index is 0.0116. The van der Waals surface area contributed by atoms with Crippen molar-refractivity contribution in [2.45, 2.75) is 44.6 Å².